The van der Waals surface area contributed by atoms with Crippen LogP contribution >= 0.6 is 0 Å². The summed E-state index contributed by atoms with van der Waals surface area (Å²) in [6.45, 7) is 0.579. The van der Waals surface area contributed by atoms with Crippen molar-refractivity contribution in [1.82, 2.24) is 15.1 Å². The molecule has 0 fully saturated rings. The summed E-state index contributed by atoms with van der Waals surface area (Å²) in [5, 5.41) is 7.11. The lowest BCUT2D eigenvalue weighted by atomic mass is 10.1. The zero-order valence-corrected chi connectivity index (χ0v) is 12.0. The van der Waals surface area contributed by atoms with E-state index in [1.807, 2.05) is 6.20 Å². The van der Waals surface area contributed by atoms with Gasteiger partial charge in [-0.05, 0) is 31.2 Å². The van der Waals surface area contributed by atoms with Gasteiger partial charge >= 0.3 is 0 Å². The molecule has 1 aliphatic heterocycles. The minimum Gasteiger partial charge on any atom is -0.310 e. The molecule has 0 aliphatic carbocycles. The third-order valence-corrected chi connectivity index (χ3v) is 3.80. The number of aryl methyl sites for hydroxylation is 1. The number of amides is 1. The molecule has 1 amide bonds. The van der Waals surface area contributed by atoms with E-state index in [4.69, 9.17) is 0 Å². The van der Waals surface area contributed by atoms with Crippen LogP contribution in [0.3, 0.4) is 0 Å². The summed E-state index contributed by atoms with van der Waals surface area (Å²) in [6, 6.07) is 4.13. The fourth-order valence-corrected chi connectivity index (χ4v) is 2.76. The van der Waals surface area contributed by atoms with E-state index in [2.05, 4.69) is 10.4 Å². The van der Waals surface area contributed by atoms with Gasteiger partial charge in [-0.3, -0.25) is 9.48 Å². The molecule has 1 aromatic heterocycles. The number of nitrogens with zero attached hydrogens (tertiary/aromatic N) is 3. The first-order valence-electron chi connectivity index (χ1n) is 6.86. The lowest BCUT2D eigenvalue weighted by molar-refractivity contribution is -0.120. The van der Waals surface area contributed by atoms with Gasteiger partial charge in [0.2, 0.25) is 5.91 Å². The van der Waals surface area contributed by atoms with Crippen molar-refractivity contribution >= 4 is 11.6 Å². The summed E-state index contributed by atoms with van der Waals surface area (Å²) >= 11 is 0. The molecule has 0 radical (unpaired) electrons. The van der Waals surface area contributed by atoms with Crippen LogP contribution in [0.15, 0.2) is 30.6 Å². The first-order chi connectivity index (χ1) is 10.1. The number of aromatic nitrogens is 2. The molecular weight excluding hydrogens is 271 g/mol. The van der Waals surface area contributed by atoms with E-state index in [1.54, 1.807) is 35.9 Å². The smallest absolute Gasteiger partial charge is 0.248 e. The second kappa shape index (κ2) is 5.29. The molecule has 0 bridgehead atoms. The van der Waals surface area contributed by atoms with Gasteiger partial charge in [0.25, 0.3) is 0 Å². The Morgan fingerprint density at radius 1 is 1.48 bits per heavy atom. The van der Waals surface area contributed by atoms with Crippen molar-refractivity contribution in [3.05, 3.63) is 47.5 Å². The molecule has 1 N–H and O–H groups in total. The van der Waals surface area contributed by atoms with Crippen LogP contribution in [0.2, 0.25) is 0 Å². The number of likely N-dealkylation sites (N-methyl/N-ethyl adjacent to an activating group) is 1. The summed E-state index contributed by atoms with van der Waals surface area (Å²) in [5.41, 5.74) is 2.48. The van der Waals surface area contributed by atoms with Crippen LogP contribution in [0, 0.1) is 5.82 Å². The van der Waals surface area contributed by atoms with Crippen LogP contribution in [0.25, 0.3) is 0 Å². The monoisotopic (exact) mass is 288 g/mol. The molecule has 1 atom stereocenters. The quantitative estimate of drug-likeness (QED) is 0.929. The minimum atomic E-state index is -0.479. The summed E-state index contributed by atoms with van der Waals surface area (Å²) in [4.78, 5) is 14.4. The number of benzene rings is 1. The number of anilines is 1. The number of rotatable bonds is 3. The first-order valence-corrected chi connectivity index (χ1v) is 6.86. The number of fused-ring (bicyclic) bond motifs is 1. The van der Waals surface area contributed by atoms with Gasteiger partial charge in [0.15, 0.2) is 0 Å². The van der Waals surface area contributed by atoms with Gasteiger partial charge in [-0.15, -0.1) is 0 Å². The lowest BCUT2D eigenvalue weighted by Gasteiger charge is -2.23. The number of hydrogen-bond donors (Lipinski definition) is 1. The molecule has 1 aromatic carbocycles. The van der Waals surface area contributed by atoms with Crippen molar-refractivity contribution in [3.8, 4) is 0 Å². The van der Waals surface area contributed by atoms with Gasteiger partial charge in [-0.1, -0.05) is 6.07 Å². The zero-order chi connectivity index (χ0) is 15.0. The Balaban J connectivity index is 1.91. The van der Waals surface area contributed by atoms with Gasteiger partial charge in [0.05, 0.1) is 6.20 Å². The Bertz CT molecular complexity index is 682. The molecule has 5 nitrogen and oxygen atoms in total. The number of carbonyl (C=O) groups is 1. The van der Waals surface area contributed by atoms with Crippen molar-refractivity contribution in [2.24, 2.45) is 7.05 Å². The molecule has 0 saturated heterocycles. The van der Waals surface area contributed by atoms with E-state index in [9.17, 15) is 9.18 Å². The highest BCUT2D eigenvalue weighted by Crippen LogP contribution is 2.31. The predicted octanol–water partition coefficient (Wildman–Crippen LogP) is 1.41. The van der Waals surface area contributed by atoms with Crippen LogP contribution in [0.1, 0.15) is 17.2 Å². The van der Waals surface area contributed by atoms with E-state index < -0.39 is 6.04 Å². The highest BCUT2D eigenvalue weighted by atomic mass is 19.1. The molecule has 21 heavy (non-hydrogen) atoms. The van der Waals surface area contributed by atoms with Crippen molar-refractivity contribution in [3.63, 3.8) is 0 Å². The average Bonchev–Trinajstić information content (AvgIpc) is 3.05. The second-order valence-electron chi connectivity index (χ2n) is 5.18. The van der Waals surface area contributed by atoms with E-state index >= 15 is 0 Å². The summed E-state index contributed by atoms with van der Waals surface area (Å²) in [5.74, 6) is -0.411. The fraction of sp³-hybridized carbons (Fsp3) is 0.333. The number of nitrogens with one attached hydrogen (secondary N) is 1. The van der Waals surface area contributed by atoms with Crippen LogP contribution < -0.4 is 10.2 Å². The maximum atomic E-state index is 13.4. The SMILES string of the molecule is CNC(C(=O)N1CCc2ccc(F)cc21)c1cnn(C)c1. The van der Waals surface area contributed by atoms with Crippen LogP contribution in [0.4, 0.5) is 10.1 Å². The van der Waals surface area contributed by atoms with Crippen molar-refractivity contribution < 1.29 is 9.18 Å². The minimum absolute atomic E-state index is 0.0881. The van der Waals surface area contributed by atoms with E-state index in [0.29, 0.717) is 12.2 Å². The molecule has 0 saturated carbocycles. The Morgan fingerprint density at radius 2 is 2.29 bits per heavy atom. The maximum Gasteiger partial charge on any atom is 0.248 e. The van der Waals surface area contributed by atoms with E-state index in [0.717, 1.165) is 17.5 Å². The number of hydrogen-bond acceptors (Lipinski definition) is 3. The lowest BCUT2D eigenvalue weighted by Crippen LogP contribution is -2.39. The van der Waals surface area contributed by atoms with Gasteiger partial charge in [-0.25, -0.2) is 4.39 Å². The normalized spacial score (nSPS) is 15.1. The fourth-order valence-electron chi connectivity index (χ4n) is 2.76. The summed E-state index contributed by atoms with van der Waals surface area (Å²) < 4.78 is 15.1. The van der Waals surface area contributed by atoms with Gasteiger partial charge < -0.3 is 10.2 Å². The molecule has 3 rings (SSSR count). The maximum absolute atomic E-state index is 13.4. The third kappa shape index (κ3) is 2.42. The summed E-state index contributed by atoms with van der Waals surface area (Å²) in [6.07, 6.45) is 4.23. The Labute approximate surface area is 122 Å². The molecule has 6 heteroatoms. The molecule has 0 spiro atoms. The Kier molecular flexibility index (Phi) is 3.47. The Hall–Kier alpha value is -2.21. The highest BCUT2D eigenvalue weighted by molar-refractivity contribution is 5.99. The van der Waals surface area contributed by atoms with Crippen LogP contribution in [-0.4, -0.2) is 29.3 Å². The van der Waals surface area contributed by atoms with Gasteiger partial charge in [0, 0.05) is 31.0 Å². The average molecular weight is 288 g/mol. The van der Waals surface area contributed by atoms with Gasteiger partial charge in [0.1, 0.15) is 11.9 Å². The molecule has 1 aliphatic rings. The van der Waals surface area contributed by atoms with Crippen molar-refractivity contribution in [2.75, 3.05) is 18.5 Å². The second-order valence-corrected chi connectivity index (χ2v) is 5.18. The standard InChI is InChI=1S/C15H17FN4O/c1-17-14(11-8-18-19(2)9-11)15(21)20-6-5-10-3-4-12(16)7-13(10)20/h3-4,7-9,14,17H,5-6H2,1-2H3. The topological polar surface area (TPSA) is 50.2 Å². The predicted molar refractivity (Wildman–Crippen MR) is 77.5 cm³/mol. The number of carbonyl (C=O) groups excluding carboxylic acids is 1. The highest BCUT2D eigenvalue weighted by Gasteiger charge is 2.31. The Morgan fingerprint density at radius 3 is 2.95 bits per heavy atom. The van der Waals surface area contributed by atoms with E-state index in [-0.39, 0.29) is 11.7 Å². The largest absolute Gasteiger partial charge is 0.310 e. The van der Waals surface area contributed by atoms with E-state index in [1.165, 1.54) is 12.1 Å². The zero-order valence-electron chi connectivity index (χ0n) is 12.0. The molecule has 1 unspecified atom stereocenters. The van der Waals surface area contributed by atoms with Crippen LogP contribution in [0.5, 0.6) is 0 Å². The first kappa shape index (κ1) is 13.8. The molecular formula is C15H17FN4O. The van der Waals surface area contributed by atoms with Gasteiger partial charge in [-0.2, -0.15) is 5.10 Å². The van der Waals surface area contributed by atoms with Crippen LogP contribution in [-0.2, 0) is 18.3 Å². The number of halogens is 1. The third-order valence-electron chi connectivity index (χ3n) is 3.80. The summed E-state index contributed by atoms with van der Waals surface area (Å²) in [7, 11) is 3.54. The molecule has 2 aromatic rings. The van der Waals surface area contributed by atoms with Crippen molar-refractivity contribution in [2.45, 2.75) is 12.5 Å². The van der Waals surface area contributed by atoms with Crippen molar-refractivity contribution in [1.29, 1.82) is 0 Å². The molecule has 110 valence electrons. The molecule has 2 heterocycles.